The topological polar surface area (TPSA) is 0 Å². The van der Waals surface area contributed by atoms with E-state index in [0.29, 0.717) is 0 Å². The molecule has 3 aromatic carbocycles. The molecule has 26 heavy (non-hydrogen) atoms. The molecule has 0 saturated carbocycles. The molecule has 0 aromatic heterocycles. The van der Waals surface area contributed by atoms with E-state index in [2.05, 4.69) is 107 Å². The van der Waals surface area contributed by atoms with Crippen molar-refractivity contribution >= 4 is 22.5 Å². The molecule has 136 valence electrons. The summed E-state index contributed by atoms with van der Waals surface area (Å²) in [6, 6.07) is 27.8. The summed E-state index contributed by atoms with van der Waals surface area (Å²) in [5.41, 5.74) is 4.04. The van der Waals surface area contributed by atoms with Crippen molar-refractivity contribution in [3.63, 3.8) is 0 Å². The second-order valence-electron chi connectivity index (χ2n) is 7.66. The molecule has 0 atom stereocenters. The van der Waals surface area contributed by atoms with Gasteiger partial charge in [-0.2, -0.15) is 0 Å². The van der Waals surface area contributed by atoms with Crippen LogP contribution < -0.4 is 15.9 Å². The van der Waals surface area contributed by atoms with Crippen LogP contribution in [0.1, 0.15) is 30.5 Å². The predicted octanol–water partition coefficient (Wildman–Crippen LogP) is 5.48. The zero-order valence-electron chi connectivity index (χ0n) is 16.8. The first-order chi connectivity index (χ1) is 12.5. The van der Waals surface area contributed by atoms with Gasteiger partial charge in [-0.3, -0.25) is 0 Å². The Balaban J connectivity index is 2.52. The van der Waals surface area contributed by atoms with Crippen LogP contribution in [-0.4, -0.2) is 12.3 Å². The summed E-state index contributed by atoms with van der Waals surface area (Å²) >= 11 is 0. The number of benzene rings is 3. The molecule has 0 amide bonds. The Hall–Kier alpha value is -1.91. The van der Waals surface area contributed by atoms with Crippen molar-refractivity contribution in [2.45, 2.75) is 34.6 Å². The van der Waals surface area contributed by atoms with E-state index in [0.717, 1.165) is 12.3 Å². The zero-order valence-corrected chi connectivity index (χ0v) is 17.7. The monoisotopic (exact) mass is 362 g/mol. The van der Waals surface area contributed by atoms with Crippen molar-refractivity contribution < 1.29 is 0 Å². The van der Waals surface area contributed by atoms with Gasteiger partial charge in [0.05, 0.1) is 0 Å². The van der Waals surface area contributed by atoms with Crippen LogP contribution in [0.4, 0.5) is 0 Å². The molecule has 0 saturated heterocycles. The van der Waals surface area contributed by atoms with Crippen LogP contribution >= 0.6 is 6.60 Å². The molecular weight excluding hydrogens is 331 g/mol. The van der Waals surface area contributed by atoms with Crippen LogP contribution in [0.25, 0.3) is 0 Å². The number of rotatable bonds is 5. The second-order valence-corrected chi connectivity index (χ2v) is 13.5. The van der Waals surface area contributed by atoms with Gasteiger partial charge in [-0.05, 0) is 0 Å². The minimum absolute atomic E-state index is 1.15. The van der Waals surface area contributed by atoms with Crippen LogP contribution in [-0.2, 0) is 0 Å². The average molecular weight is 362 g/mol. The molecule has 0 spiro atoms. The molecule has 0 heterocycles. The van der Waals surface area contributed by atoms with Crippen molar-refractivity contribution in [1.82, 2.24) is 0 Å². The SMILES string of the molecule is CCP(CC)(c1cccc(C)c1)(c1cccc(C)c1)c1cccc(C)c1. The van der Waals surface area contributed by atoms with Gasteiger partial charge in [0.25, 0.3) is 0 Å². The normalized spacial score (nSPS) is 13.2. The molecule has 0 N–H and O–H groups in total. The molecule has 0 bridgehead atoms. The third-order valence-electron chi connectivity index (χ3n) is 6.27. The zero-order chi connectivity index (χ0) is 18.8. The molecule has 3 aromatic rings. The van der Waals surface area contributed by atoms with Gasteiger partial charge in [-0.25, -0.2) is 0 Å². The van der Waals surface area contributed by atoms with E-state index in [4.69, 9.17) is 0 Å². The van der Waals surface area contributed by atoms with Gasteiger partial charge in [0, 0.05) is 0 Å². The predicted molar refractivity (Wildman–Crippen MR) is 120 cm³/mol. The van der Waals surface area contributed by atoms with Crippen molar-refractivity contribution in [3.8, 4) is 0 Å². The summed E-state index contributed by atoms with van der Waals surface area (Å²) in [6.07, 6.45) is 2.30. The molecule has 0 aliphatic heterocycles. The maximum atomic E-state index is 2.44. The molecular formula is C25H31P. The summed E-state index contributed by atoms with van der Waals surface area (Å²) in [5.74, 6) is 0. The summed E-state index contributed by atoms with van der Waals surface area (Å²) < 4.78 is 0. The molecule has 0 radical (unpaired) electrons. The summed E-state index contributed by atoms with van der Waals surface area (Å²) in [6.45, 7) is 8.91. The molecule has 0 aliphatic carbocycles. The first-order valence-electron chi connectivity index (χ1n) is 9.68. The van der Waals surface area contributed by atoms with E-state index < -0.39 is 6.60 Å². The van der Waals surface area contributed by atoms with E-state index in [1.165, 1.54) is 32.6 Å². The van der Waals surface area contributed by atoms with Gasteiger partial charge in [0.2, 0.25) is 0 Å². The first-order valence-corrected chi connectivity index (χ1v) is 12.3. The summed E-state index contributed by atoms with van der Waals surface area (Å²) in [4.78, 5) is 0. The third kappa shape index (κ3) is 2.72. The number of aryl methyl sites for hydroxylation is 3. The van der Waals surface area contributed by atoms with Gasteiger partial charge in [0.15, 0.2) is 0 Å². The average Bonchev–Trinajstić information content (AvgIpc) is 2.64. The van der Waals surface area contributed by atoms with Gasteiger partial charge in [-0.1, -0.05) is 0 Å². The maximum absolute atomic E-state index is 2.53. The fourth-order valence-corrected chi connectivity index (χ4v) is 11.1. The van der Waals surface area contributed by atoms with Crippen LogP contribution in [0, 0.1) is 20.8 Å². The fourth-order valence-electron chi connectivity index (χ4n) is 4.66. The molecule has 3 rings (SSSR count). The van der Waals surface area contributed by atoms with Crippen molar-refractivity contribution in [2.75, 3.05) is 12.3 Å². The van der Waals surface area contributed by atoms with Gasteiger partial charge in [-0.15, -0.1) is 0 Å². The van der Waals surface area contributed by atoms with E-state index >= 15 is 0 Å². The summed E-state index contributed by atoms with van der Waals surface area (Å²) in [7, 11) is 0. The summed E-state index contributed by atoms with van der Waals surface area (Å²) in [5, 5.41) is 4.58. The van der Waals surface area contributed by atoms with Crippen molar-refractivity contribution in [3.05, 3.63) is 89.5 Å². The van der Waals surface area contributed by atoms with Crippen molar-refractivity contribution in [2.24, 2.45) is 0 Å². The Morgan fingerprint density at radius 2 is 0.846 bits per heavy atom. The van der Waals surface area contributed by atoms with Gasteiger partial charge in [0.1, 0.15) is 0 Å². The van der Waals surface area contributed by atoms with Crippen molar-refractivity contribution in [1.29, 1.82) is 0 Å². The Bertz CT molecular complexity index is 801. The minimum atomic E-state index is -2.53. The Morgan fingerprint density at radius 3 is 1.08 bits per heavy atom. The molecule has 0 nitrogen and oxygen atoms in total. The first kappa shape index (κ1) is 18.9. The Kier molecular flexibility index (Phi) is 5.09. The molecule has 0 aliphatic rings. The van der Waals surface area contributed by atoms with E-state index in [1.54, 1.807) is 0 Å². The number of hydrogen-bond acceptors (Lipinski definition) is 0. The Labute approximate surface area is 159 Å². The van der Waals surface area contributed by atoms with E-state index in [9.17, 15) is 0 Å². The van der Waals surface area contributed by atoms with Crippen LogP contribution in [0.15, 0.2) is 72.8 Å². The molecule has 0 unspecified atom stereocenters. The van der Waals surface area contributed by atoms with Gasteiger partial charge < -0.3 is 0 Å². The van der Waals surface area contributed by atoms with Gasteiger partial charge >= 0.3 is 159 Å². The third-order valence-corrected chi connectivity index (χ3v) is 13.6. The molecule has 0 fully saturated rings. The Morgan fingerprint density at radius 1 is 0.538 bits per heavy atom. The van der Waals surface area contributed by atoms with Crippen LogP contribution in [0.2, 0.25) is 0 Å². The van der Waals surface area contributed by atoms with Crippen LogP contribution in [0.3, 0.4) is 0 Å². The van der Waals surface area contributed by atoms with E-state index in [-0.39, 0.29) is 0 Å². The van der Waals surface area contributed by atoms with Crippen LogP contribution in [0.5, 0.6) is 0 Å². The quantitative estimate of drug-likeness (QED) is 0.527. The molecule has 1 heteroatoms. The second kappa shape index (κ2) is 7.01. The standard InChI is InChI=1S/C25H31P/c1-6-26(7-2,23-14-8-11-20(3)17-23,24-15-9-12-21(4)18-24)25-16-10-13-22(5)19-25/h8-19H,6-7H2,1-5H3. The van der Waals surface area contributed by atoms with E-state index in [1.807, 2.05) is 0 Å². The number of hydrogen-bond donors (Lipinski definition) is 0. The fraction of sp³-hybridized carbons (Fsp3) is 0.280.